The van der Waals surface area contributed by atoms with E-state index in [1.807, 2.05) is 62.4 Å². The summed E-state index contributed by atoms with van der Waals surface area (Å²) in [4.78, 5) is 22.3. The summed E-state index contributed by atoms with van der Waals surface area (Å²) in [6, 6.07) is 14.9. The third-order valence-corrected chi connectivity index (χ3v) is 4.79. The molecule has 2 heterocycles. The largest absolute Gasteiger partial charge is 0.497 e. The molecule has 1 amide bonds. The number of carbonyl (C=O) groups is 1. The number of anilines is 1. The Bertz CT molecular complexity index is 1290. The van der Waals surface area contributed by atoms with Gasteiger partial charge in [0, 0.05) is 6.54 Å². The summed E-state index contributed by atoms with van der Waals surface area (Å²) >= 11 is 0. The fourth-order valence-electron chi connectivity index (χ4n) is 3.22. The van der Waals surface area contributed by atoms with Crippen LogP contribution in [0.1, 0.15) is 29.8 Å². The van der Waals surface area contributed by atoms with Crippen molar-refractivity contribution in [2.75, 3.05) is 19.4 Å². The number of rotatable bonds is 6. The molecule has 0 unspecified atom stereocenters. The molecule has 0 aliphatic heterocycles. The van der Waals surface area contributed by atoms with Gasteiger partial charge in [0.25, 0.3) is 5.91 Å². The molecule has 4 aromatic rings. The smallest absolute Gasteiger partial charge is 0.257 e. The molecule has 31 heavy (non-hydrogen) atoms. The van der Waals surface area contributed by atoms with Crippen LogP contribution in [0.4, 0.5) is 5.82 Å². The van der Waals surface area contributed by atoms with Crippen molar-refractivity contribution >= 4 is 40.1 Å². The maximum absolute atomic E-state index is 13.0. The van der Waals surface area contributed by atoms with Crippen LogP contribution in [0.15, 0.2) is 53.6 Å². The zero-order chi connectivity index (χ0) is 22.0. The average Bonchev–Trinajstić information content (AvgIpc) is 3.04. The zero-order valence-corrected chi connectivity index (χ0v) is 17.7. The number of hydrogen-bond donors (Lipinski definition) is 2. The van der Waals surface area contributed by atoms with E-state index in [1.165, 1.54) is 4.68 Å². The molecule has 0 spiro atoms. The van der Waals surface area contributed by atoms with Gasteiger partial charge in [0.1, 0.15) is 22.6 Å². The number of methoxy groups -OCH3 is 1. The van der Waals surface area contributed by atoms with E-state index >= 15 is 0 Å². The van der Waals surface area contributed by atoms with Crippen molar-refractivity contribution < 1.29 is 9.53 Å². The number of nitrogen functional groups attached to an aromatic ring is 1. The fraction of sp³-hybridized carbons (Fsp3) is 0.217. The van der Waals surface area contributed by atoms with Gasteiger partial charge in [-0.3, -0.25) is 4.79 Å². The topological polar surface area (TPSA) is 107 Å². The molecule has 0 aliphatic carbocycles. The average molecular weight is 416 g/mol. The van der Waals surface area contributed by atoms with Gasteiger partial charge >= 0.3 is 0 Å². The number of amides is 1. The summed E-state index contributed by atoms with van der Waals surface area (Å²) in [5.41, 5.74) is 9.70. The van der Waals surface area contributed by atoms with E-state index in [0.717, 1.165) is 5.56 Å². The number of aromatic nitrogens is 3. The minimum Gasteiger partial charge on any atom is -0.497 e. The monoisotopic (exact) mass is 416 g/mol. The molecular formula is C23H24N6O2. The first kappa shape index (κ1) is 20.3. The Morgan fingerprint density at radius 2 is 1.94 bits per heavy atom. The SMILES string of the molecule is COc1cccc(C=Nn2c(N)c(C(=O)NCC(C)C)c3nc4ccccc4nc32)c1. The normalized spacial score (nSPS) is 11.6. The molecule has 0 bridgehead atoms. The summed E-state index contributed by atoms with van der Waals surface area (Å²) in [5, 5.41) is 7.43. The van der Waals surface area contributed by atoms with Crippen LogP contribution in [-0.2, 0) is 0 Å². The van der Waals surface area contributed by atoms with Gasteiger partial charge in [-0.05, 0) is 35.7 Å². The van der Waals surface area contributed by atoms with E-state index in [1.54, 1.807) is 13.3 Å². The Morgan fingerprint density at radius 3 is 2.65 bits per heavy atom. The Labute approximate surface area is 179 Å². The molecule has 0 aliphatic rings. The van der Waals surface area contributed by atoms with Gasteiger partial charge in [-0.15, -0.1) is 0 Å². The highest BCUT2D eigenvalue weighted by molar-refractivity contribution is 6.10. The molecule has 0 fully saturated rings. The summed E-state index contributed by atoms with van der Waals surface area (Å²) in [6.45, 7) is 4.58. The van der Waals surface area contributed by atoms with Crippen LogP contribution in [-0.4, -0.2) is 40.4 Å². The lowest BCUT2D eigenvalue weighted by Gasteiger charge is -2.07. The molecule has 2 aromatic heterocycles. The summed E-state index contributed by atoms with van der Waals surface area (Å²) in [6.07, 6.45) is 1.64. The molecule has 3 N–H and O–H groups in total. The molecular weight excluding hydrogens is 392 g/mol. The van der Waals surface area contributed by atoms with Gasteiger partial charge in [0.2, 0.25) is 0 Å². The molecule has 158 valence electrons. The lowest BCUT2D eigenvalue weighted by Crippen LogP contribution is -2.28. The van der Waals surface area contributed by atoms with E-state index in [0.29, 0.717) is 40.4 Å². The minimum absolute atomic E-state index is 0.186. The maximum atomic E-state index is 13.0. The number of para-hydroxylation sites is 2. The lowest BCUT2D eigenvalue weighted by molar-refractivity contribution is 0.0951. The second-order valence-corrected chi connectivity index (χ2v) is 7.58. The van der Waals surface area contributed by atoms with Crippen LogP contribution in [0.3, 0.4) is 0 Å². The molecule has 0 radical (unpaired) electrons. The van der Waals surface area contributed by atoms with Crippen LogP contribution >= 0.6 is 0 Å². The maximum Gasteiger partial charge on any atom is 0.257 e. The summed E-state index contributed by atoms with van der Waals surface area (Å²) < 4.78 is 6.72. The quantitative estimate of drug-likeness (QED) is 0.468. The van der Waals surface area contributed by atoms with E-state index in [2.05, 4.69) is 20.4 Å². The van der Waals surface area contributed by atoms with E-state index in [4.69, 9.17) is 10.5 Å². The Kier molecular flexibility index (Phi) is 5.53. The van der Waals surface area contributed by atoms with Crippen molar-refractivity contribution in [3.8, 4) is 5.75 Å². The highest BCUT2D eigenvalue weighted by Gasteiger charge is 2.24. The zero-order valence-electron chi connectivity index (χ0n) is 17.7. The van der Waals surface area contributed by atoms with Crippen LogP contribution in [0, 0.1) is 5.92 Å². The lowest BCUT2D eigenvalue weighted by atomic mass is 10.2. The predicted molar refractivity (Wildman–Crippen MR) is 123 cm³/mol. The van der Waals surface area contributed by atoms with Crippen LogP contribution < -0.4 is 15.8 Å². The number of carbonyl (C=O) groups excluding carboxylic acids is 1. The van der Waals surface area contributed by atoms with Gasteiger partial charge in [0.15, 0.2) is 5.65 Å². The first-order chi connectivity index (χ1) is 15.0. The van der Waals surface area contributed by atoms with Gasteiger partial charge in [-0.1, -0.05) is 38.1 Å². The highest BCUT2D eigenvalue weighted by Crippen LogP contribution is 2.28. The Morgan fingerprint density at radius 1 is 1.19 bits per heavy atom. The standard InChI is InChI=1S/C23H24N6O2/c1-14(2)12-25-23(30)19-20-22(28-18-10-5-4-9-17(18)27-20)29(21(19)24)26-13-15-7-6-8-16(11-15)31-3/h4-11,13-14H,12,24H2,1-3H3,(H,25,30). The van der Waals surface area contributed by atoms with Gasteiger partial charge in [0.05, 0.1) is 24.4 Å². The number of hydrogen-bond acceptors (Lipinski definition) is 6. The number of fused-ring (bicyclic) bond motifs is 2. The summed E-state index contributed by atoms with van der Waals surface area (Å²) in [5.74, 6) is 0.909. The number of nitrogens with zero attached hydrogens (tertiary/aromatic N) is 4. The molecule has 8 nitrogen and oxygen atoms in total. The molecule has 4 rings (SSSR count). The molecule has 0 saturated heterocycles. The van der Waals surface area contributed by atoms with Crippen molar-refractivity contribution in [3.63, 3.8) is 0 Å². The molecule has 8 heteroatoms. The van der Waals surface area contributed by atoms with E-state index < -0.39 is 0 Å². The Hall–Kier alpha value is -3.94. The second-order valence-electron chi connectivity index (χ2n) is 7.58. The second kappa shape index (κ2) is 8.43. The highest BCUT2D eigenvalue weighted by atomic mass is 16.5. The van der Waals surface area contributed by atoms with Crippen LogP contribution in [0.2, 0.25) is 0 Å². The minimum atomic E-state index is -0.295. The van der Waals surface area contributed by atoms with E-state index in [-0.39, 0.29) is 17.3 Å². The van der Waals surface area contributed by atoms with E-state index in [9.17, 15) is 4.79 Å². The molecule has 0 saturated carbocycles. The van der Waals surface area contributed by atoms with Gasteiger partial charge in [-0.25, -0.2) is 9.97 Å². The first-order valence-electron chi connectivity index (χ1n) is 10.0. The summed E-state index contributed by atoms with van der Waals surface area (Å²) in [7, 11) is 1.61. The van der Waals surface area contributed by atoms with Gasteiger partial charge in [-0.2, -0.15) is 9.78 Å². The number of nitrogens with one attached hydrogen (secondary N) is 1. The van der Waals surface area contributed by atoms with Crippen molar-refractivity contribution in [2.24, 2.45) is 11.0 Å². The van der Waals surface area contributed by atoms with Gasteiger partial charge < -0.3 is 15.8 Å². The first-order valence-corrected chi connectivity index (χ1v) is 10.0. The number of benzene rings is 2. The predicted octanol–water partition coefficient (Wildman–Crippen LogP) is 3.44. The fourth-order valence-corrected chi connectivity index (χ4v) is 3.22. The third-order valence-electron chi connectivity index (χ3n) is 4.79. The van der Waals surface area contributed by atoms with Crippen molar-refractivity contribution in [1.82, 2.24) is 20.0 Å². The Balaban J connectivity index is 1.87. The van der Waals surface area contributed by atoms with Crippen LogP contribution in [0.25, 0.3) is 22.2 Å². The number of ether oxygens (including phenoxy) is 1. The molecule has 0 atom stereocenters. The van der Waals surface area contributed by atoms with Crippen molar-refractivity contribution in [3.05, 3.63) is 59.7 Å². The molecule has 2 aromatic carbocycles. The third kappa shape index (κ3) is 4.05. The number of nitrogens with two attached hydrogens (primary N) is 1. The van der Waals surface area contributed by atoms with Crippen LogP contribution in [0.5, 0.6) is 5.75 Å². The van der Waals surface area contributed by atoms with Crippen molar-refractivity contribution in [2.45, 2.75) is 13.8 Å². The van der Waals surface area contributed by atoms with Crippen molar-refractivity contribution in [1.29, 1.82) is 0 Å².